The quantitative estimate of drug-likeness (QED) is 0.174. The number of aryl methyl sites for hydroxylation is 2. The minimum Gasteiger partial charge on any atom is -0.492 e. The summed E-state index contributed by atoms with van der Waals surface area (Å²) >= 11 is 3.01. The lowest BCUT2D eigenvalue weighted by molar-refractivity contribution is -0.119. The van der Waals surface area contributed by atoms with Gasteiger partial charge in [0.15, 0.2) is 9.60 Å². The molecular weight excluding hydrogens is 544 g/mol. The summed E-state index contributed by atoms with van der Waals surface area (Å²) in [4.78, 5) is 35.1. The SMILES string of the molecule is CCOc1cccc2sc(=NC(=O)CCCCCCCCC(=O)N=c3sc4cccc(OCC)c4n3C)n(C)c12. The molecule has 10 heteroatoms. The largest absolute Gasteiger partial charge is 0.492 e. The van der Waals surface area contributed by atoms with Crippen LogP contribution in [0.1, 0.15) is 65.2 Å². The number of hydrogen-bond donors (Lipinski definition) is 0. The van der Waals surface area contributed by atoms with Gasteiger partial charge in [-0.3, -0.25) is 9.59 Å². The first-order chi connectivity index (χ1) is 19.4. The fourth-order valence-corrected chi connectivity index (χ4v) is 6.79. The molecule has 40 heavy (non-hydrogen) atoms. The van der Waals surface area contributed by atoms with Crippen LogP contribution in [0.25, 0.3) is 20.4 Å². The van der Waals surface area contributed by atoms with Gasteiger partial charge in [-0.1, -0.05) is 60.5 Å². The second-order valence-corrected chi connectivity index (χ2v) is 11.6. The molecule has 2 amide bonds. The van der Waals surface area contributed by atoms with Crippen LogP contribution in [0.5, 0.6) is 11.5 Å². The zero-order valence-corrected chi connectivity index (χ0v) is 25.4. The van der Waals surface area contributed by atoms with Crippen molar-refractivity contribution >= 4 is 54.9 Å². The molecule has 0 unspecified atom stereocenters. The van der Waals surface area contributed by atoms with Gasteiger partial charge in [0, 0.05) is 26.9 Å². The van der Waals surface area contributed by atoms with Crippen LogP contribution in [-0.2, 0) is 23.7 Å². The molecule has 214 valence electrons. The number of hydrogen-bond acceptors (Lipinski definition) is 6. The van der Waals surface area contributed by atoms with Crippen LogP contribution in [0.4, 0.5) is 0 Å². The van der Waals surface area contributed by atoms with Crippen molar-refractivity contribution in [2.45, 2.75) is 65.2 Å². The van der Waals surface area contributed by atoms with Crippen molar-refractivity contribution in [3.05, 3.63) is 46.0 Å². The number of carbonyl (C=O) groups is 2. The number of thiazole rings is 2. The highest BCUT2D eigenvalue weighted by Crippen LogP contribution is 2.28. The van der Waals surface area contributed by atoms with E-state index in [-0.39, 0.29) is 11.8 Å². The predicted molar refractivity (Wildman–Crippen MR) is 162 cm³/mol. The minimum absolute atomic E-state index is 0.0879. The van der Waals surface area contributed by atoms with Gasteiger partial charge >= 0.3 is 0 Å². The molecule has 2 aromatic heterocycles. The third-order valence-corrected chi connectivity index (χ3v) is 8.84. The molecule has 0 aliphatic rings. The van der Waals surface area contributed by atoms with Crippen molar-refractivity contribution in [2.24, 2.45) is 24.1 Å². The second-order valence-electron chi connectivity index (χ2n) is 9.59. The molecule has 4 aromatic rings. The molecule has 0 saturated heterocycles. The van der Waals surface area contributed by atoms with Crippen LogP contribution < -0.4 is 19.1 Å². The molecule has 0 saturated carbocycles. The number of rotatable bonds is 13. The van der Waals surface area contributed by atoms with Crippen molar-refractivity contribution in [1.82, 2.24) is 9.13 Å². The Morgan fingerprint density at radius 2 is 1.07 bits per heavy atom. The van der Waals surface area contributed by atoms with Gasteiger partial charge in [0.25, 0.3) is 0 Å². The van der Waals surface area contributed by atoms with Crippen LogP contribution in [0.15, 0.2) is 46.4 Å². The summed E-state index contributed by atoms with van der Waals surface area (Å²) in [6.45, 7) is 5.10. The summed E-state index contributed by atoms with van der Waals surface area (Å²) in [5, 5.41) is 0. The Morgan fingerprint density at radius 3 is 1.48 bits per heavy atom. The molecule has 2 aromatic carbocycles. The lowest BCUT2D eigenvalue weighted by Crippen LogP contribution is -2.13. The fourth-order valence-electron chi connectivity index (χ4n) is 4.68. The second kappa shape index (κ2) is 14.4. The summed E-state index contributed by atoms with van der Waals surface area (Å²) in [6.07, 6.45) is 6.57. The van der Waals surface area contributed by atoms with Crippen molar-refractivity contribution in [1.29, 1.82) is 0 Å². The lowest BCUT2D eigenvalue weighted by Gasteiger charge is -2.05. The van der Waals surface area contributed by atoms with E-state index in [2.05, 4.69) is 9.98 Å². The normalized spacial score (nSPS) is 12.5. The van der Waals surface area contributed by atoms with E-state index in [0.717, 1.165) is 70.5 Å². The van der Waals surface area contributed by atoms with Gasteiger partial charge in [0.1, 0.15) is 22.5 Å². The van der Waals surface area contributed by atoms with Gasteiger partial charge in [-0.2, -0.15) is 9.98 Å². The predicted octanol–water partition coefficient (Wildman–Crippen LogP) is 6.27. The summed E-state index contributed by atoms with van der Waals surface area (Å²) in [6, 6.07) is 11.9. The van der Waals surface area contributed by atoms with E-state index in [1.807, 2.05) is 73.5 Å². The number of carbonyl (C=O) groups excluding carboxylic acids is 2. The highest BCUT2D eigenvalue weighted by molar-refractivity contribution is 7.16. The molecule has 2 heterocycles. The van der Waals surface area contributed by atoms with Crippen LogP contribution in [0.3, 0.4) is 0 Å². The van der Waals surface area contributed by atoms with Crippen LogP contribution in [-0.4, -0.2) is 34.2 Å². The number of unbranched alkanes of at least 4 members (excludes halogenated alkanes) is 5. The maximum atomic E-state index is 12.5. The van der Waals surface area contributed by atoms with E-state index in [4.69, 9.17) is 9.47 Å². The molecule has 0 aliphatic heterocycles. The number of aromatic nitrogens is 2. The maximum absolute atomic E-state index is 12.5. The molecule has 0 aliphatic carbocycles. The van der Waals surface area contributed by atoms with Crippen molar-refractivity contribution < 1.29 is 19.1 Å². The number of amides is 2. The third-order valence-electron chi connectivity index (χ3n) is 6.64. The molecule has 4 rings (SSSR count). The summed E-state index contributed by atoms with van der Waals surface area (Å²) in [7, 11) is 3.85. The highest BCUT2D eigenvalue weighted by Gasteiger charge is 2.11. The van der Waals surface area contributed by atoms with Gasteiger partial charge in [0.05, 0.1) is 22.6 Å². The van der Waals surface area contributed by atoms with E-state index in [1.54, 1.807) is 0 Å². The molecule has 0 atom stereocenters. The van der Waals surface area contributed by atoms with Gasteiger partial charge in [-0.25, -0.2) is 0 Å². The average Bonchev–Trinajstić information content (AvgIpc) is 3.42. The topological polar surface area (TPSA) is 87.2 Å². The molecular formula is C30H38N4O4S2. The average molecular weight is 583 g/mol. The van der Waals surface area contributed by atoms with E-state index >= 15 is 0 Å². The van der Waals surface area contributed by atoms with E-state index in [0.29, 0.717) is 35.7 Å². The number of fused-ring (bicyclic) bond motifs is 2. The fraction of sp³-hybridized carbons (Fsp3) is 0.467. The summed E-state index contributed by atoms with van der Waals surface area (Å²) < 4.78 is 17.5. The highest BCUT2D eigenvalue weighted by atomic mass is 32.1. The molecule has 8 nitrogen and oxygen atoms in total. The minimum atomic E-state index is -0.0879. The molecule has 0 radical (unpaired) electrons. The maximum Gasteiger partial charge on any atom is 0.248 e. The first kappa shape index (κ1) is 29.7. The van der Waals surface area contributed by atoms with Crippen molar-refractivity contribution in [2.75, 3.05) is 13.2 Å². The van der Waals surface area contributed by atoms with E-state index < -0.39 is 0 Å². The molecule has 0 spiro atoms. The Balaban J connectivity index is 1.18. The zero-order valence-electron chi connectivity index (χ0n) is 23.8. The Labute approximate surface area is 242 Å². The summed E-state index contributed by atoms with van der Waals surface area (Å²) in [5.41, 5.74) is 1.95. The number of para-hydroxylation sites is 2. The third kappa shape index (κ3) is 7.28. The van der Waals surface area contributed by atoms with Crippen LogP contribution in [0, 0.1) is 0 Å². The van der Waals surface area contributed by atoms with Crippen LogP contribution >= 0.6 is 22.7 Å². The summed E-state index contributed by atoms with van der Waals surface area (Å²) in [5.74, 6) is 1.45. The molecule has 0 fully saturated rings. The van der Waals surface area contributed by atoms with Crippen molar-refractivity contribution in [3.8, 4) is 11.5 Å². The lowest BCUT2D eigenvalue weighted by atomic mass is 10.1. The Kier molecular flexibility index (Phi) is 10.7. The number of ether oxygens (including phenoxy) is 2. The van der Waals surface area contributed by atoms with Gasteiger partial charge in [0.2, 0.25) is 11.8 Å². The van der Waals surface area contributed by atoms with Gasteiger partial charge in [-0.15, -0.1) is 0 Å². The van der Waals surface area contributed by atoms with Crippen LogP contribution in [0.2, 0.25) is 0 Å². The van der Waals surface area contributed by atoms with Crippen molar-refractivity contribution in [3.63, 3.8) is 0 Å². The van der Waals surface area contributed by atoms with Gasteiger partial charge < -0.3 is 18.6 Å². The van der Waals surface area contributed by atoms with Gasteiger partial charge in [-0.05, 0) is 51.0 Å². The number of nitrogens with zero attached hydrogens (tertiary/aromatic N) is 4. The first-order valence-corrected chi connectivity index (χ1v) is 15.6. The Hall–Kier alpha value is -3.24. The molecule has 0 bridgehead atoms. The molecule has 0 N–H and O–H groups in total. The van der Waals surface area contributed by atoms with E-state index in [1.165, 1.54) is 22.7 Å². The standard InChI is InChI=1S/C30H38N4O4S2/c1-5-37-21-15-13-17-23-27(21)33(3)29(39-23)31-25(35)19-11-9-7-8-10-12-20-26(36)32-30-34(4)28-22(38-6-2)16-14-18-24(28)40-30/h13-18H,5-12,19-20H2,1-4H3. The Bertz CT molecular complexity index is 1490. The number of benzene rings is 2. The smallest absolute Gasteiger partial charge is 0.248 e. The first-order valence-electron chi connectivity index (χ1n) is 14.0. The van der Waals surface area contributed by atoms with E-state index in [9.17, 15) is 9.59 Å². The zero-order chi connectivity index (χ0) is 28.5. The monoisotopic (exact) mass is 582 g/mol. The Morgan fingerprint density at radius 1 is 0.675 bits per heavy atom.